The minimum atomic E-state index is 0.342. The zero-order valence-corrected chi connectivity index (χ0v) is 14.3. The molecule has 2 heteroatoms. The summed E-state index contributed by atoms with van der Waals surface area (Å²) in [5.41, 5.74) is 5.48. The van der Waals surface area contributed by atoms with E-state index >= 15 is 0 Å². The minimum Gasteiger partial charge on any atom is -0.513 e. The van der Waals surface area contributed by atoms with E-state index in [2.05, 4.69) is 6.58 Å². The van der Waals surface area contributed by atoms with Crippen molar-refractivity contribution in [1.29, 1.82) is 0 Å². The Bertz CT molecular complexity index is 216. The molecule has 2 nitrogen and oxygen atoms in total. The van der Waals surface area contributed by atoms with Crippen molar-refractivity contribution in [3.05, 3.63) is 12.3 Å². The number of hydrogen-bond acceptors (Lipinski definition) is 2. The van der Waals surface area contributed by atoms with Gasteiger partial charge >= 0.3 is 0 Å². The van der Waals surface area contributed by atoms with Crippen molar-refractivity contribution in [1.82, 2.24) is 0 Å². The molecule has 0 spiro atoms. The Morgan fingerprint density at radius 2 is 0.857 bits per heavy atom. The lowest BCUT2D eigenvalue weighted by Crippen LogP contribution is -1.97. The molecule has 21 heavy (non-hydrogen) atoms. The summed E-state index contributed by atoms with van der Waals surface area (Å²) in [4.78, 5) is 0. The molecule has 0 unspecified atom stereocenters. The zero-order chi connectivity index (χ0) is 15.6. The van der Waals surface area contributed by atoms with Crippen LogP contribution in [0.5, 0.6) is 0 Å². The average Bonchev–Trinajstić information content (AvgIpc) is 2.46. The highest BCUT2D eigenvalue weighted by Crippen LogP contribution is 2.14. The first-order valence-corrected chi connectivity index (χ1v) is 9.34. The lowest BCUT2D eigenvalue weighted by molar-refractivity contribution is 0.383. The van der Waals surface area contributed by atoms with Gasteiger partial charge in [0.2, 0.25) is 0 Å². The van der Waals surface area contributed by atoms with Crippen LogP contribution in [-0.2, 0) is 0 Å². The molecule has 3 N–H and O–H groups in total. The topological polar surface area (TPSA) is 46.2 Å². The lowest BCUT2D eigenvalue weighted by Gasteiger charge is -2.03. The smallest absolute Gasteiger partial charge is 0.0851 e. The summed E-state index contributed by atoms with van der Waals surface area (Å²) in [6, 6.07) is 0. The maximum atomic E-state index is 8.97. The van der Waals surface area contributed by atoms with E-state index in [4.69, 9.17) is 10.8 Å². The monoisotopic (exact) mass is 297 g/mol. The number of hydrogen-bond donors (Lipinski definition) is 2. The molecule has 0 bridgehead atoms. The summed E-state index contributed by atoms with van der Waals surface area (Å²) >= 11 is 0. The molecule has 0 atom stereocenters. The molecule has 0 aliphatic carbocycles. The van der Waals surface area contributed by atoms with Crippen molar-refractivity contribution < 1.29 is 5.11 Å². The van der Waals surface area contributed by atoms with Crippen LogP contribution >= 0.6 is 0 Å². The van der Waals surface area contributed by atoms with Crippen LogP contribution in [0.2, 0.25) is 0 Å². The number of unbranched alkanes of at least 4 members (excludes halogenated alkanes) is 14. The van der Waals surface area contributed by atoms with Crippen molar-refractivity contribution in [2.24, 2.45) is 5.73 Å². The van der Waals surface area contributed by atoms with Gasteiger partial charge in [0.1, 0.15) is 0 Å². The van der Waals surface area contributed by atoms with Gasteiger partial charge < -0.3 is 10.8 Å². The molecule has 0 rings (SSSR count). The van der Waals surface area contributed by atoms with Crippen LogP contribution in [0, 0.1) is 0 Å². The molecule has 0 aromatic heterocycles. The van der Waals surface area contributed by atoms with E-state index in [0.29, 0.717) is 5.76 Å². The fraction of sp³-hybridized carbons (Fsp3) is 0.895. The van der Waals surface area contributed by atoms with Crippen LogP contribution in [0.25, 0.3) is 0 Å². The first-order chi connectivity index (χ1) is 10.3. The Balaban J connectivity index is 2.95. The van der Waals surface area contributed by atoms with E-state index in [9.17, 15) is 0 Å². The van der Waals surface area contributed by atoms with Gasteiger partial charge in [0, 0.05) is 6.42 Å². The Morgan fingerprint density at radius 3 is 1.14 bits per heavy atom. The molecule has 0 aromatic rings. The third-order valence-electron chi connectivity index (χ3n) is 4.17. The minimum absolute atomic E-state index is 0.342. The molecule has 0 saturated heterocycles. The predicted molar refractivity (Wildman–Crippen MR) is 94.7 cm³/mol. The molecule has 0 fully saturated rings. The number of nitrogens with two attached hydrogens (primary N) is 1. The predicted octanol–water partition coefficient (Wildman–Crippen LogP) is 6.26. The second-order valence-corrected chi connectivity index (χ2v) is 6.41. The van der Waals surface area contributed by atoms with Crippen molar-refractivity contribution in [3.8, 4) is 0 Å². The molecular weight excluding hydrogens is 258 g/mol. The van der Waals surface area contributed by atoms with E-state index in [1.54, 1.807) is 0 Å². The standard InChI is InChI=1S/C19H39NO/c1-19(21)17-15-13-11-9-7-5-3-2-4-6-8-10-12-14-16-18-20/h21H,1-18,20H2. The van der Waals surface area contributed by atoms with Crippen molar-refractivity contribution in [3.63, 3.8) is 0 Å². The molecule has 0 aliphatic rings. The molecule has 0 aliphatic heterocycles. The highest BCUT2D eigenvalue weighted by molar-refractivity contribution is 4.77. The van der Waals surface area contributed by atoms with E-state index in [-0.39, 0.29) is 0 Å². The first kappa shape index (κ1) is 20.5. The van der Waals surface area contributed by atoms with Crippen molar-refractivity contribution in [2.45, 2.75) is 103 Å². The molecular formula is C19H39NO. The Hall–Kier alpha value is -0.500. The molecule has 0 saturated carbocycles. The summed E-state index contributed by atoms with van der Waals surface area (Å²) in [5.74, 6) is 0.342. The van der Waals surface area contributed by atoms with Gasteiger partial charge in [-0.1, -0.05) is 90.0 Å². The largest absolute Gasteiger partial charge is 0.513 e. The van der Waals surface area contributed by atoms with E-state index in [0.717, 1.165) is 19.4 Å². The van der Waals surface area contributed by atoms with Gasteiger partial charge in [-0.25, -0.2) is 0 Å². The van der Waals surface area contributed by atoms with Crippen LogP contribution < -0.4 is 5.73 Å². The van der Waals surface area contributed by atoms with Crippen LogP contribution in [0.4, 0.5) is 0 Å². The summed E-state index contributed by atoms with van der Waals surface area (Å²) in [7, 11) is 0. The zero-order valence-electron chi connectivity index (χ0n) is 14.3. The Kier molecular flexibility index (Phi) is 17.1. The van der Waals surface area contributed by atoms with Gasteiger partial charge in [0.05, 0.1) is 5.76 Å². The van der Waals surface area contributed by atoms with Gasteiger partial charge in [-0.2, -0.15) is 0 Å². The molecule has 126 valence electrons. The fourth-order valence-corrected chi connectivity index (χ4v) is 2.77. The molecule has 0 amide bonds. The first-order valence-electron chi connectivity index (χ1n) is 9.34. The third-order valence-corrected chi connectivity index (χ3v) is 4.17. The normalized spacial score (nSPS) is 10.9. The highest BCUT2D eigenvalue weighted by atomic mass is 16.3. The second kappa shape index (κ2) is 17.6. The maximum Gasteiger partial charge on any atom is 0.0851 e. The van der Waals surface area contributed by atoms with Crippen LogP contribution in [-0.4, -0.2) is 11.7 Å². The third kappa shape index (κ3) is 19.5. The number of aliphatic hydroxyl groups excluding tert-OH is 1. The van der Waals surface area contributed by atoms with Gasteiger partial charge in [-0.15, -0.1) is 0 Å². The van der Waals surface area contributed by atoms with Gasteiger partial charge in [-0.05, 0) is 19.4 Å². The second-order valence-electron chi connectivity index (χ2n) is 6.41. The Labute approximate surface area is 133 Å². The van der Waals surface area contributed by atoms with Crippen molar-refractivity contribution >= 4 is 0 Å². The van der Waals surface area contributed by atoms with Gasteiger partial charge in [-0.3, -0.25) is 0 Å². The van der Waals surface area contributed by atoms with Crippen LogP contribution in [0.1, 0.15) is 103 Å². The number of rotatable bonds is 17. The number of allylic oxidation sites excluding steroid dienone is 1. The molecule has 0 aromatic carbocycles. The summed E-state index contributed by atoms with van der Waals surface area (Å²) in [6.07, 6.45) is 21.0. The fourth-order valence-electron chi connectivity index (χ4n) is 2.77. The van der Waals surface area contributed by atoms with E-state index < -0.39 is 0 Å². The van der Waals surface area contributed by atoms with E-state index in [1.165, 1.54) is 89.9 Å². The maximum absolute atomic E-state index is 8.97. The summed E-state index contributed by atoms with van der Waals surface area (Å²) < 4.78 is 0. The SMILES string of the molecule is C=C(O)CCCCCCCCCCCCCCCCCN. The lowest BCUT2D eigenvalue weighted by atomic mass is 10.0. The number of aliphatic hydroxyl groups is 1. The quantitative estimate of drug-likeness (QED) is 0.246. The highest BCUT2D eigenvalue weighted by Gasteiger charge is 1.95. The summed E-state index contributed by atoms with van der Waals surface area (Å²) in [6.45, 7) is 4.37. The summed E-state index contributed by atoms with van der Waals surface area (Å²) in [5, 5.41) is 8.97. The van der Waals surface area contributed by atoms with Crippen molar-refractivity contribution in [2.75, 3.05) is 6.54 Å². The van der Waals surface area contributed by atoms with Crippen LogP contribution in [0.15, 0.2) is 12.3 Å². The van der Waals surface area contributed by atoms with Crippen LogP contribution in [0.3, 0.4) is 0 Å². The molecule has 0 radical (unpaired) electrons. The van der Waals surface area contributed by atoms with E-state index in [1.807, 2.05) is 0 Å². The van der Waals surface area contributed by atoms with Gasteiger partial charge in [0.15, 0.2) is 0 Å². The van der Waals surface area contributed by atoms with Gasteiger partial charge in [0.25, 0.3) is 0 Å². The Morgan fingerprint density at radius 1 is 0.571 bits per heavy atom. The molecule has 0 heterocycles. The average molecular weight is 298 g/mol.